The fourth-order valence-corrected chi connectivity index (χ4v) is 5.10. The normalized spacial score (nSPS) is 14.7. The fourth-order valence-electron chi connectivity index (χ4n) is 3.88. The summed E-state index contributed by atoms with van der Waals surface area (Å²) in [5, 5.41) is 10.3. The Kier molecular flexibility index (Phi) is 6.27. The summed E-state index contributed by atoms with van der Waals surface area (Å²) < 4.78 is 54.4. The van der Waals surface area contributed by atoms with Crippen molar-refractivity contribution in [2.75, 3.05) is 19.7 Å². The molecule has 4 rings (SSSR count). The molecule has 0 spiro atoms. The Balaban J connectivity index is 1.75. The SMILES string of the molecule is NC(=O)C1=C(F)CN(CCO)C(c2cccc3cc(Cc4cccc(C(F)(F)F)c4)sc23)=C1. The molecule has 0 atom stereocenters. The maximum Gasteiger partial charge on any atom is 0.416 e. The van der Waals surface area contributed by atoms with Crippen LogP contribution in [0.15, 0.2) is 66.0 Å². The molecule has 1 aromatic heterocycles. The highest BCUT2D eigenvalue weighted by Gasteiger charge is 2.30. The van der Waals surface area contributed by atoms with Gasteiger partial charge in [0.05, 0.1) is 24.3 Å². The zero-order valence-electron chi connectivity index (χ0n) is 17.3. The molecule has 4 nitrogen and oxygen atoms in total. The average Bonchev–Trinajstić information content (AvgIpc) is 3.16. The monoisotopic (exact) mass is 476 g/mol. The van der Waals surface area contributed by atoms with Gasteiger partial charge in [0.25, 0.3) is 5.91 Å². The lowest BCUT2D eigenvalue weighted by atomic mass is 10.0. The second kappa shape index (κ2) is 8.99. The maximum absolute atomic E-state index is 14.4. The number of amides is 1. The van der Waals surface area contributed by atoms with Gasteiger partial charge in [-0.15, -0.1) is 11.3 Å². The van der Waals surface area contributed by atoms with Gasteiger partial charge in [0.15, 0.2) is 0 Å². The van der Waals surface area contributed by atoms with E-state index in [1.807, 2.05) is 24.3 Å². The van der Waals surface area contributed by atoms with Crippen molar-refractivity contribution in [3.05, 3.63) is 87.6 Å². The zero-order valence-corrected chi connectivity index (χ0v) is 18.1. The zero-order chi connectivity index (χ0) is 23.8. The van der Waals surface area contributed by atoms with Gasteiger partial charge in [-0.25, -0.2) is 4.39 Å². The third kappa shape index (κ3) is 4.79. The largest absolute Gasteiger partial charge is 0.416 e. The number of thiophene rings is 1. The molecular weight excluding hydrogens is 456 g/mol. The minimum absolute atomic E-state index is 0.157. The molecule has 2 aromatic carbocycles. The number of benzene rings is 2. The van der Waals surface area contributed by atoms with Crippen LogP contribution in [0.2, 0.25) is 0 Å². The third-order valence-corrected chi connectivity index (χ3v) is 6.57. The molecule has 0 unspecified atom stereocenters. The van der Waals surface area contributed by atoms with E-state index >= 15 is 0 Å². The topological polar surface area (TPSA) is 66.6 Å². The number of fused-ring (bicyclic) bond motifs is 1. The van der Waals surface area contributed by atoms with Gasteiger partial charge < -0.3 is 15.7 Å². The summed E-state index contributed by atoms with van der Waals surface area (Å²) >= 11 is 1.42. The van der Waals surface area contributed by atoms with Gasteiger partial charge in [-0.3, -0.25) is 4.79 Å². The second-order valence-corrected chi connectivity index (χ2v) is 8.81. The number of nitrogens with zero attached hydrogens (tertiary/aromatic N) is 1. The molecule has 0 aliphatic carbocycles. The van der Waals surface area contributed by atoms with Crippen LogP contribution in [0.5, 0.6) is 0 Å². The van der Waals surface area contributed by atoms with Gasteiger partial charge in [0.2, 0.25) is 0 Å². The van der Waals surface area contributed by atoms with Crippen molar-refractivity contribution in [3.8, 4) is 0 Å². The summed E-state index contributed by atoms with van der Waals surface area (Å²) in [5.74, 6) is -1.54. The molecule has 33 heavy (non-hydrogen) atoms. The van der Waals surface area contributed by atoms with E-state index in [9.17, 15) is 27.5 Å². The van der Waals surface area contributed by atoms with E-state index < -0.39 is 23.5 Å². The van der Waals surface area contributed by atoms with Crippen LogP contribution >= 0.6 is 11.3 Å². The smallest absolute Gasteiger partial charge is 0.395 e. The molecule has 1 aliphatic heterocycles. The number of aliphatic hydroxyl groups excluding tert-OH is 1. The van der Waals surface area contributed by atoms with Gasteiger partial charge in [-0.2, -0.15) is 13.2 Å². The summed E-state index contributed by atoms with van der Waals surface area (Å²) in [7, 11) is 0. The summed E-state index contributed by atoms with van der Waals surface area (Å²) in [6.07, 6.45) is -2.70. The van der Waals surface area contributed by atoms with Crippen molar-refractivity contribution in [2.24, 2.45) is 5.73 Å². The molecule has 2 heterocycles. The number of halogens is 4. The molecule has 9 heteroatoms. The number of carbonyl (C=O) groups excluding carboxylic acids is 1. The third-order valence-electron chi connectivity index (χ3n) is 5.38. The van der Waals surface area contributed by atoms with Crippen LogP contribution in [0.4, 0.5) is 17.6 Å². The van der Waals surface area contributed by atoms with Crippen molar-refractivity contribution in [3.63, 3.8) is 0 Å². The number of primary amides is 1. The predicted molar refractivity (Wildman–Crippen MR) is 120 cm³/mol. The van der Waals surface area contributed by atoms with E-state index in [4.69, 9.17) is 5.73 Å². The highest BCUT2D eigenvalue weighted by Crippen LogP contribution is 2.38. The van der Waals surface area contributed by atoms with Crippen molar-refractivity contribution < 1.29 is 27.5 Å². The highest BCUT2D eigenvalue weighted by atomic mass is 32.1. The van der Waals surface area contributed by atoms with Crippen molar-refractivity contribution in [2.45, 2.75) is 12.6 Å². The van der Waals surface area contributed by atoms with Gasteiger partial charge in [0, 0.05) is 33.8 Å². The maximum atomic E-state index is 14.4. The molecule has 3 aromatic rings. The second-order valence-electron chi connectivity index (χ2n) is 7.67. The number of rotatable bonds is 6. The van der Waals surface area contributed by atoms with Gasteiger partial charge in [-0.05, 0) is 29.2 Å². The number of alkyl halides is 3. The molecule has 0 fully saturated rings. The number of hydrogen-bond acceptors (Lipinski definition) is 4. The first-order valence-corrected chi connectivity index (χ1v) is 10.9. The Bertz CT molecular complexity index is 1280. The number of aliphatic hydroxyl groups is 1. The first kappa shape index (κ1) is 23.0. The summed E-state index contributed by atoms with van der Waals surface area (Å²) in [6, 6.07) is 12.7. The minimum atomic E-state index is -4.41. The van der Waals surface area contributed by atoms with E-state index in [-0.39, 0.29) is 25.3 Å². The Labute approximate surface area is 191 Å². The van der Waals surface area contributed by atoms with E-state index in [0.29, 0.717) is 17.7 Å². The van der Waals surface area contributed by atoms with Crippen LogP contribution in [-0.4, -0.2) is 35.6 Å². The van der Waals surface area contributed by atoms with Gasteiger partial charge in [0.1, 0.15) is 5.83 Å². The Hall–Kier alpha value is -3.17. The molecule has 3 N–H and O–H groups in total. The van der Waals surface area contributed by atoms with Crippen molar-refractivity contribution in [1.29, 1.82) is 0 Å². The molecular formula is C24H20F4N2O2S. The number of β-amino-alcohol motifs (C(OH)–C–C–N with tert-alkyl or cyclic N) is 1. The molecule has 0 saturated heterocycles. The van der Waals surface area contributed by atoms with Crippen LogP contribution in [-0.2, 0) is 17.4 Å². The van der Waals surface area contributed by atoms with Crippen LogP contribution in [0.3, 0.4) is 0 Å². The number of nitrogens with two attached hydrogens (primary N) is 1. The molecule has 172 valence electrons. The minimum Gasteiger partial charge on any atom is -0.395 e. The van der Waals surface area contributed by atoms with E-state index in [2.05, 4.69) is 0 Å². The van der Waals surface area contributed by atoms with Crippen molar-refractivity contribution >= 4 is 33.0 Å². The summed E-state index contributed by atoms with van der Waals surface area (Å²) in [4.78, 5) is 14.2. The standard InChI is InChI=1S/C24H20F4N2O2S/c25-20-13-30(7-8-31)21(12-19(20)23(29)32)18-6-2-4-15-11-17(33-22(15)18)10-14-3-1-5-16(9-14)24(26,27)28/h1-6,9,11-12,31H,7-8,10,13H2,(H2,29,32). The molecule has 1 amide bonds. The van der Waals surface area contributed by atoms with Crippen LogP contribution in [0.25, 0.3) is 15.8 Å². The Morgan fingerprint density at radius 2 is 1.91 bits per heavy atom. The first-order chi connectivity index (χ1) is 15.7. The van der Waals surface area contributed by atoms with Crippen LogP contribution in [0.1, 0.15) is 21.6 Å². The lowest BCUT2D eigenvalue weighted by Crippen LogP contribution is -2.32. The van der Waals surface area contributed by atoms with Gasteiger partial charge >= 0.3 is 6.18 Å². The van der Waals surface area contributed by atoms with Crippen LogP contribution < -0.4 is 5.73 Å². The van der Waals surface area contributed by atoms with E-state index in [1.165, 1.54) is 23.5 Å². The Morgan fingerprint density at radius 1 is 1.15 bits per heavy atom. The van der Waals surface area contributed by atoms with E-state index in [1.54, 1.807) is 11.0 Å². The van der Waals surface area contributed by atoms with Gasteiger partial charge in [-0.1, -0.05) is 36.4 Å². The highest BCUT2D eigenvalue weighted by molar-refractivity contribution is 7.19. The van der Waals surface area contributed by atoms with Crippen LogP contribution in [0, 0.1) is 0 Å². The first-order valence-electron chi connectivity index (χ1n) is 10.1. The number of carbonyl (C=O) groups is 1. The molecule has 0 radical (unpaired) electrons. The summed E-state index contributed by atoms with van der Waals surface area (Å²) in [6.45, 7) is -0.245. The predicted octanol–water partition coefficient (Wildman–Crippen LogP) is 4.87. The van der Waals surface area contributed by atoms with Crippen molar-refractivity contribution in [1.82, 2.24) is 4.90 Å². The lowest BCUT2D eigenvalue weighted by Gasteiger charge is -2.30. The lowest BCUT2D eigenvalue weighted by molar-refractivity contribution is -0.137. The molecule has 1 aliphatic rings. The molecule has 0 bridgehead atoms. The Morgan fingerprint density at radius 3 is 2.61 bits per heavy atom. The quantitative estimate of drug-likeness (QED) is 0.499. The molecule has 0 saturated carbocycles. The summed E-state index contributed by atoms with van der Waals surface area (Å²) in [5.41, 5.74) is 6.25. The van der Waals surface area contributed by atoms with E-state index in [0.717, 1.165) is 32.7 Å². The fraction of sp³-hybridized carbons (Fsp3) is 0.208. The number of hydrogen-bond donors (Lipinski definition) is 2. The average molecular weight is 476 g/mol.